The maximum Gasteiger partial charge on any atom is 0.407 e. The van der Waals surface area contributed by atoms with Crippen molar-refractivity contribution in [2.24, 2.45) is 0 Å². The van der Waals surface area contributed by atoms with Crippen LogP contribution in [0, 0.1) is 0 Å². The van der Waals surface area contributed by atoms with Gasteiger partial charge in [0.25, 0.3) is 0 Å². The second-order valence-electron chi connectivity index (χ2n) is 6.70. The summed E-state index contributed by atoms with van der Waals surface area (Å²) >= 11 is 0. The van der Waals surface area contributed by atoms with Gasteiger partial charge in [-0.25, -0.2) is 4.79 Å². The van der Waals surface area contributed by atoms with Gasteiger partial charge >= 0.3 is 12.1 Å². The van der Waals surface area contributed by atoms with Crippen LogP contribution in [-0.4, -0.2) is 54.1 Å². The summed E-state index contributed by atoms with van der Waals surface area (Å²) in [4.78, 5) is 22.5. The molecular weight excluding hydrogens is 276 g/mol. The molecular formula is C14H28N2O5. The van der Waals surface area contributed by atoms with E-state index in [2.05, 4.69) is 10.6 Å². The Hall–Kier alpha value is -1.34. The molecule has 7 nitrogen and oxygen atoms in total. The lowest BCUT2D eigenvalue weighted by atomic mass is 10.2. The minimum absolute atomic E-state index is 0.0608. The van der Waals surface area contributed by atoms with Crippen molar-refractivity contribution in [2.45, 2.75) is 58.8 Å². The van der Waals surface area contributed by atoms with E-state index in [4.69, 9.17) is 14.6 Å². The number of nitrogens with one attached hydrogen (secondary N) is 2. The number of carbonyl (C=O) groups is 2. The van der Waals surface area contributed by atoms with Gasteiger partial charge in [0.2, 0.25) is 0 Å². The lowest BCUT2D eigenvalue weighted by molar-refractivity contribution is -0.142. The van der Waals surface area contributed by atoms with Crippen molar-refractivity contribution in [3.8, 4) is 0 Å². The second kappa shape index (κ2) is 8.19. The predicted octanol–water partition coefficient (Wildman–Crippen LogP) is 1.37. The van der Waals surface area contributed by atoms with Crippen LogP contribution in [-0.2, 0) is 14.3 Å². The van der Waals surface area contributed by atoms with Crippen LogP contribution >= 0.6 is 0 Å². The van der Waals surface area contributed by atoms with Crippen LogP contribution in [0.4, 0.5) is 4.79 Å². The zero-order valence-electron chi connectivity index (χ0n) is 13.8. The quantitative estimate of drug-likeness (QED) is 0.615. The van der Waals surface area contributed by atoms with E-state index in [1.54, 1.807) is 20.8 Å². The number of carboxylic acids is 1. The zero-order chi connectivity index (χ0) is 16.7. The predicted molar refractivity (Wildman–Crippen MR) is 79.4 cm³/mol. The number of carbonyl (C=O) groups excluding carboxylic acids is 1. The molecule has 0 spiro atoms. The molecule has 0 unspecified atom stereocenters. The first kappa shape index (κ1) is 19.7. The molecule has 3 N–H and O–H groups in total. The van der Waals surface area contributed by atoms with Crippen LogP contribution in [0.25, 0.3) is 0 Å². The van der Waals surface area contributed by atoms with Gasteiger partial charge in [-0.1, -0.05) is 0 Å². The minimum Gasteiger partial charge on any atom is -0.480 e. The molecule has 0 radical (unpaired) electrons. The highest BCUT2D eigenvalue weighted by atomic mass is 16.6. The highest BCUT2D eigenvalue weighted by molar-refractivity contribution is 5.73. The Morgan fingerprint density at radius 3 is 2.05 bits per heavy atom. The third-order valence-corrected chi connectivity index (χ3v) is 2.17. The molecule has 0 aromatic rings. The standard InChI is InChI=1S/C14H28N2O5/c1-13(2,3)20-9-10(11(17)18)15-7-8-16-12(19)21-14(4,5)6/h10,15H,7-9H2,1-6H3,(H,16,19)(H,17,18)/t10-/m1/s1. The highest BCUT2D eigenvalue weighted by Crippen LogP contribution is 2.07. The summed E-state index contributed by atoms with van der Waals surface area (Å²) in [5.41, 5.74) is -0.953. The molecule has 0 rings (SSSR count). The van der Waals surface area contributed by atoms with Crippen molar-refractivity contribution in [1.29, 1.82) is 0 Å². The van der Waals surface area contributed by atoms with Crippen molar-refractivity contribution in [2.75, 3.05) is 19.7 Å². The van der Waals surface area contributed by atoms with E-state index in [0.717, 1.165) is 0 Å². The number of ether oxygens (including phenoxy) is 2. The summed E-state index contributed by atoms with van der Waals surface area (Å²) in [7, 11) is 0. The smallest absolute Gasteiger partial charge is 0.407 e. The number of hydrogen-bond acceptors (Lipinski definition) is 5. The van der Waals surface area contributed by atoms with E-state index in [-0.39, 0.29) is 13.2 Å². The molecule has 124 valence electrons. The Bertz CT molecular complexity index is 344. The summed E-state index contributed by atoms with van der Waals surface area (Å²) in [5.74, 6) is -0.989. The molecule has 0 aliphatic rings. The normalized spacial score (nSPS) is 13.6. The van der Waals surface area contributed by atoms with Crippen molar-refractivity contribution in [3.05, 3.63) is 0 Å². The first-order valence-electron chi connectivity index (χ1n) is 6.98. The van der Waals surface area contributed by atoms with Crippen molar-refractivity contribution in [1.82, 2.24) is 10.6 Å². The summed E-state index contributed by atoms with van der Waals surface area (Å²) in [6.45, 7) is 11.5. The number of alkyl carbamates (subject to hydrolysis) is 1. The third-order valence-electron chi connectivity index (χ3n) is 2.17. The summed E-state index contributed by atoms with van der Waals surface area (Å²) in [6.07, 6.45) is -0.526. The van der Waals surface area contributed by atoms with Crippen LogP contribution < -0.4 is 10.6 Å². The Balaban J connectivity index is 4.00. The van der Waals surface area contributed by atoms with E-state index in [9.17, 15) is 9.59 Å². The van der Waals surface area contributed by atoms with Gasteiger partial charge in [0.1, 0.15) is 11.6 Å². The lowest BCUT2D eigenvalue weighted by Crippen LogP contribution is -2.45. The van der Waals surface area contributed by atoms with Gasteiger partial charge < -0.3 is 25.2 Å². The molecule has 0 aliphatic heterocycles. The van der Waals surface area contributed by atoms with Gasteiger partial charge in [-0.05, 0) is 41.5 Å². The van der Waals surface area contributed by atoms with E-state index in [1.807, 2.05) is 20.8 Å². The molecule has 0 fully saturated rings. The van der Waals surface area contributed by atoms with E-state index in [1.165, 1.54) is 0 Å². The van der Waals surface area contributed by atoms with Gasteiger partial charge in [0, 0.05) is 13.1 Å². The number of rotatable bonds is 7. The fourth-order valence-corrected chi connectivity index (χ4v) is 1.28. The topological polar surface area (TPSA) is 96.9 Å². The molecule has 0 aliphatic carbocycles. The average Bonchev–Trinajstić information content (AvgIpc) is 2.23. The van der Waals surface area contributed by atoms with Gasteiger partial charge in [-0.2, -0.15) is 0 Å². The Morgan fingerprint density at radius 2 is 1.62 bits per heavy atom. The third kappa shape index (κ3) is 12.1. The summed E-state index contributed by atoms with van der Waals surface area (Å²) in [6, 6.07) is -0.815. The molecule has 0 saturated heterocycles. The monoisotopic (exact) mass is 304 g/mol. The second-order valence-corrected chi connectivity index (χ2v) is 6.70. The maximum absolute atomic E-state index is 11.4. The van der Waals surface area contributed by atoms with Gasteiger partial charge in [-0.3, -0.25) is 4.79 Å². The number of amides is 1. The minimum atomic E-state index is -0.989. The summed E-state index contributed by atoms with van der Waals surface area (Å²) < 4.78 is 10.5. The van der Waals surface area contributed by atoms with Gasteiger partial charge in [0.05, 0.1) is 12.2 Å². The van der Waals surface area contributed by atoms with Crippen molar-refractivity contribution < 1.29 is 24.2 Å². The van der Waals surface area contributed by atoms with Gasteiger partial charge in [-0.15, -0.1) is 0 Å². The van der Waals surface area contributed by atoms with Crippen LogP contribution in [0.2, 0.25) is 0 Å². The highest BCUT2D eigenvalue weighted by Gasteiger charge is 2.21. The van der Waals surface area contributed by atoms with E-state index in [0.29, 0.717) is 6.54 Å². The molecule has 0 saturated carbocycles. The fourth-order valence-electron chi connectivity index (χ4n) is 1.28. The number of carboxylic acid groups (broad SMARTS) is 1. The SMILES string of the molecule is CC(C)(C)OC[C@@H](NCCNC(=O)OC(C)(C)C)C(=O)O. The molecule has 0 aromatic carbocycles. The molecule has 7 heteroatoms. The first-order valence-corrected chi connectivity index (χ1v) is 6.98. The zero-order valence-corrected chi connectivity index (χ0v) is 13.8. The number of aliphatic carboxylic acids is 1. The molecule has 0 aromatic heterocycles. The molecule has 1 amide bonds. The van der Waals surface area contributed by atoms with Crippen LogP contribution in [0.15, 0.2) is 0 Å². The average molecular weight is 304 g/mol. The van der Waals surface area contributed by atoms with Gasteiger partial charge in [0.15, 0.2) is 0 Å². The maximum atomic E-state index is 11.4. The molecule has 21 heavy (non-hydrogen) atoms. The fraction of sp³-hybridized carbons (Fsp3) is 0.857. The first-order chi connectivity index (χ1) is 9.41. The Kier molecular flexibility index (Phi) is 7.67. The largest absolute Gasteiger partial charge is 0.480 e. The van der Waals surface area contributed by atoms with Crippen molar-refractivity contribution >= 4 is 12.1 Å². The molecule has 0 heterocycles. The lowest BCUT2D eigenvalue weighted by Gasteiger charge is -2.23. The van der Waals surface area contributed by atoms with E-state index < -0.39 is 29.3 Å². The van der Waals surface area contributed by atoms with Crippen molar-refractivity contribution in [3.63, 3.8) is 0 Å². The van der Waals surface area contributed by atoms with E-state index >= 15 is 0 Å². The Morgan fingerprint density at radius 1 is 1.05 bits per heavy atom. The molecule has 0 bridgehead atoms. The summed E-state index contributed by atoms with van der Waals surface area (Å²) in [5, 5.41) is 14.4. The van der Waals surface area contributed by atoms with Crippen LogP contribution in [0.3, 0.4) is 0 Å². The number of hydrogen-bond donors (Lipinski definition) is 3. The molecule has 1 atom stereocenters. The van der Waals surface area contributed by atoms with Crippen LogP contribution in [0.5, 0.6) is 0 Å². The van der Waals surface area contributed by atoms with Crippen LogP contribution in [0.1, 0.15) is 41.5 Å². The Labute approximate surface area is 126 Å².